The molecule has 1 N–H and O–H groups in total. The van der Waals surface area contributed by atoms with Gasteiger partial charge in [0.25, 0.3) is 0 Å². The van der Waals surface area contributed by atoms with Crippen molar-refractivity contribution >= 4 is 21.7 Å². The van der Waals surface area contributed by atoms with E-state index in [9.17, 15) is 9.90 Å². The first-order valence-corrected chi connectivity index (χ1v) is 10.7. The summed E-state index contributed by atoms with van der Waals surface area (Å²) in [4.78, 5) is 11.4. The molecule has 2 aliphatic carbocycles. The van der Waals surface area contributed by atoms with Gasteiger partial charge in [-0.3, -0.25) is 4.79 Å². The Hall–Kier alpha value is -2.57. The number of methoxy groups -OCH3 is 2. The molecule has 31 heavy (non-hydrogen) atoms. The predicted octanol–water partition coefficient (Wildman–Crippen LogP) is 4.84. The zero-order chi connectivity index (χ0) is 22.1. The fourth-order valence-corrected chi connectivity index (χ4v) is 4.19. The molecule has 0 radical (unpaired) electrons. The maximum absolute atomic E-state index is 11.4. The van der Waals surface area contributed by atoms with Crippen molar-refractivity contribution in [2.24, 2.45) is 0 Å². The van der Waals surface area contributed by atoms with Crippen molar-refractivity contribution in [3.05, 3.63) is 118 Å². The monoisotopic (exact) mass is 478 g/mol. The van der Waals surface area contributed by atoms with E-state index in [1.165, 1.54) is 24.3 Å². The molecule has 2 aliphatic rings. The fraction of sp³-hybridized carbons (Fsp3) is 0.192. The van der Waals surface area contributed by atoms with Gasteiger partial charge < -0.3 is 14.6 Å². The Morgan fingerprint density at radius 3 is 1.48 bits per heavy atom. The minimum absolute atomic E-state index is 0.135. The number of carbonyl (C=O) groups is 1. The van der Waals surface area contributed by atoms with Crippen LogP contribution < -0.4 is 0 Å². The van der Waals surface area contributed by atoms with Crippen LogP contribution in [0.1, 0.15) is 16.7 Å². The highest BCUT2D eigenvalue weighted by Crippen LogP contribution is 2.40. The lowest BCUT2D eigenvalue weighted by atomic mass is 9.80. The molecular formula is C26H23BrO4. The summed E-state index contributed by atoms with van der Waals surface area (Å²) in [6.45, 7) is 0. The number of benzene rings is 2. The first-order chi connectivity index (χ1) is 14.8. The van der Waals surface area contributed by atoms with Gasteiger partial charge in [0.05, 0.1) is 0 Å². The maximum Gasteiger partial charge on any atom is 0.178 e. The van der Waals surface area contributed by atoms with Crippen LogP contribution in [0.4, 0.5) is 0 Å². The minimum Gasteiger partial charge on any atom is -0.377 e. The molecule has 0 aromatic heterocycles. The lowest BCUT2D eigenvalue weighted by Gasteiger charge is -2.36. The number of carbonyl (C=O) groups excluding carboxylic acids is 1. The normalized spacial score (nSPS) is 26.4. The van der Waals surface area contributed by atoms with Crippen molar-refractivity contribution in [2.75, 3.05) is 14.2 Å². The predicted molar refractivity (Wildman–Crippen MR) is 123 cm³/mol. The highest BCUT2D eigenvalue weighted by Gasteiger charge is 2.37. The third-order valence-electron chi connectivity index (χ3n) is 5.93. The fourth-order valence-electron chi connectivity index (χ4n) is 3.93. The van der Waals surface area contributed by atoms with Crippen LogP contribution in [0.5, 0.6) is 0 Å². The second-order valence-electron chi connectivity index (χ2n) is 7.64. The Bertz CT molecular complexity index is 1060. The number of ether oxygens (including phenoxy) is 2. The van der Waals surface area contributed by atoms with E-state index >= 15 is 0 Å². The van der Waals surface area contributed by atoms with Crippen molar-refractivity contribution in [3.8, 4) is 0 Å². The van der Waals surface area contributed by atoms with Crippen molar-refractivity contribution in [1.29, 1.82) is 0 Å². The number of ketones is 1. The quantitative estimate of drug-likeness (QED) is 0.624. The van der Waals surface area contributed by atoms with Gasteiger partial charge in [0.15, 0.2) is 5.78 Å². The number of hydrogen-bond donors (Lipinski definition) is 1. The van der Waals surface area contributed by atoms with E-state index in [0.717, 1.165) is 15.6 Å². The number of rotatable bonds is 5. The van der Waals surface area contributed by atoms with Crippen molar-refractivity contribution in [3.63, 3.8) is 0 Å². The second kappa shape index (κ2) is 8.17. The summed E-state index contributed by atoms with van der Waals surface area (Å²) in [5.41, 5.74) is -0.132. The van der Waals surface area contributed by atoms with Gasteiger partial charge in [-0.1, -0.05) is 52.3 Å². The van der Waals surface area contributed by atoms with Crippen LogP contribution in [0.3, 0.4) is 0 Å². The zero-order valence-electron chi connectivity index (χ0n) is 17.3. The van der Waals surface area contributed by atoms with Crippen LogP contribution >= 0.6 is 15.9 Å². The lowest BCUT2D eigenvalue weighted by Crippen LogP contribution is -2.33. The van der Waals surface area contributed by atoms with Crippen molar-refractivity contribution in [2.45, 2.75) is 16.8 Å². The number of hydrogen-bond acceptors (Lipinski definition) is 4. The van der Waals surface area contributed by atoms with Gasteiger partial charge in [0.1, 0.15) is 16.8 Å². The Morgan fingerprint density at radius 2 is 1.06 bits per heavy atom. The van der Waals surface area contributed by atoms with Crippen LogP contribution in [0.2, 0.25) is 0 Å². The lowest BCUT2D eigenvalue weighted by molar-refractivity contribution is -0.110. The van der Waals surface area contributed by atoms with Crippen LogP contribution in [0, 0.1) is 0 Å². The molecule has 0 heterocycles. The number of halogens is 1. The highest BCUT2D eigenvalue weighted by molar-refractivity contribution is 9.10. The summed E-state index contributed by atoms with van der Waals surface area (Å²) >= 11 is 3.47. The topological polar surface area (TPSA) is 55.8 Å². The van der Waals surface area contributed by atoms with Gasteiger partial charge in [-0.25, -0.2) is 0 Å². The molecule has 0 amide bonds. The maximum atomic E-state index is 11.4. The summed E-state index contributed by atoms with van der Waals surface area (Å²) in [5, 5.41) is 10.8. The molecule has 0 unspecified atom stereocenters. The summed E-state index contributed by atoms with van der Waals surface area (Å²) in [7, 11) is 3.34. The summed E-state index contributed by atoms with van der Waals surface area (Å²) in [6, 6.07) is 15.5. The molecule has 0 bridgehead atoms. The van der Waals surface area contributed by atoms with Gasteiger partial charge in [0.2, 0.25) is 0 Å². The van der Waals surface area contributed by atoms with Crippen LogP contribution in [0.25, 0.3) is 0 Å². The van der Waals surface area contributed by atoms with E-state index in [4.69, 9.17) is 9.47 Å². The van der Waals surface area contributed by atoms with E-state index in [0.29, 0.717) is 5.56 Å². The zero-order valence-corrected chi connectivity index (χ0v) is 18.9. The van der Waals surface area contributed by atoms with E-state index in [1.54, 1.807) is 14.2 Å². The van der Waals surface area contributed by atoms with Crippen LogP contribution in [0.15, 0.2) is 102 Å². The Balaban J connectivity index is 1.65. The van der Waals surface area contributed by atoms with Crippen LogP contribution in [-0.4, -0.2) is 25.1 Å². The van der Waals surface area contributed by atoms with Gasteiger partial charge in [-0.15, -0.1) is 0 Å². The molecule has 0 fully saturated rings. The largest absolute Gasteiger partial charge is 0.377 e. The minimum atomic E-state index is -1.29. The second-order valence-corrected chi connectivity index (χ2v) is 8.56. The standard InChI is InChI=1S/C26H23BrO4/c1-30-25(15-17-26(31-2,18-16-25)21-7-9-22(27)10-8-21)20-5-3-19(4-6-20)24(29)13-11-23(28)12-14-24/h3-18,29H,1-2H3/t25-,26+. The Kier molecular flexibility index (Phi) is 5.71. The SMILES string of the molecule is CO[C@]1(c2ccc(Br)cc2)C=C[C@@](OC)(c2ccc(C3(O)C=CC(=O)C=C3)cc2)C=C1. The smallest absolute Gasteiger partial charge is 0.178 e. The van der Waals surface area contributed by atoms with E-state index in [2.05, 4.69) is 15.9 Å². The van der Waals surface area contributed by atoms with Crippen molar-refractivity contribution < 1.29 is 19.4 Å². The Morgan fingerprint density at radius 1 is 0.677 bits per heavy atom. The average Bonchev–Trinajstić information content (AvgIpc) is 2.82. The van der Waals surface area contributed by atoms with E-state index < -0.39 is 16.8 Å². The van der Waals surface area contributed by atoms with E-state index in [-0.39, 0.29) is 5.78 Å². The number of aliphatic hydroxyl groups is 1. The molecule has 2 aromatic rings. The molecule has 2 aromatic carbocycles. The summed E-state index contributed by atoms with van der Waals surface area (Å²) in [5.74, 6) is -0.135. The third-order valence-corrected chi connectivity index (χ3v) is 6.46. The van der Waals surface area contributed by atoms with Gasteiger partial charge in [-0.2, -0.15) is 0 Å². The molecule has 5 heteroatoms. The molecular weight excluding hydrogens is 456 g/mol. The highest BCUT2D eigenvalue weighted by atomic mass is 79.9. The van der Waals surface area contributed by atoms with Gasteiger partial charge in [0, 0.05) is 18.7 Å². The molecule has 4 nitrogen and oxygen atoms in total. The Labute approximate surface area is 190 Å². The first kappa shape index (κ1) is 21.7. The first-order valence-electron chi connectivity index (χ1n) is 9.88. The molecule has 158 valence electrons. The summed E-state index contributed by atoms with van der Waals surface area (Å²) in [6.07, 6.45) is 13.7. The molecule has 0 aliphatic heterocycles. The van der Waals surface area contributed by atoms with Gasteiger partial charge >= 0.3 is 0 Å². The summed E-state index contributed by atoms with van der Waals surface area (Å²) < 4.78 is 12.8. The molecule has 0 spiro atoms. The average molecular weight is 479 g/mol. The van der Waals surface area contributed by atoms with Gasteiger partial charge in [-0.05, 0) is 77.4 Å². The van der Waals surface area contributed by atoms with E-state index in [1.807, 2.05) is 72.8 Å². The molecule has 0 saturated heterocycles. The molecule has 4 rings (SSSR count). The van der Waals surface area contributed by atoms with Crippen molar-refractivity contribution in [1.82, 2.24) is 0 Å². The van der Waals surface area contributed by atoms with Crippen LogP contribution in [-0.2, 0) is 31.1 Å². The molecule has 0 saturated carbocycles. The number of allylic oxidation sites excluding steroid dienone is 2. The molecule has 0 atom stereocenters. The third kappa shape index (κ3) is 3.90.